The molecule has 8 nitrogen and oxygen atoms in total. The van der Waals surface area contributed by atoms with Crippen LogP contribution < -0.4 is 16.0 Å². The molecule has 0 atom stereocenters. The third-order valence-corrected chi connectivity index (χ3v) is 5.78. The highest BCUT2D eigenvalue weighted by atomic mass is 35.5. The number of piperidine rings is 1. The van der Waals surface area contributed by atoms with Crippen molar-refractivity contribution in [2.24, 2.45) is 5.41 Å². The normalized spacial score (nSPS) is 23.7. The van der Waals surface area contributed by atoms with Gasteiger partial charge in [0.25, 0.3) is 5.91 Å². The van der Waals surface area contributed by atoms with Crippen LogP contribution >= 0.6 is 12.4 Å². The molecule has 1 saturated carbocycles. The second-order valence-corrected chi connectivity index (χ2v) is 7.57. The highest BCUT2D eigenvalue weighted by Gasteiger charge is 2.52. The molecule has 26 heavy (non-hydrogen) atoms. The first-order valence-electron chi connectivity index (χ1n) is 9.11. The summed E-state index contributed by atoms with van der Waals surface area (Å²) < 4.78 is 5.34. The summed E-state index contributed by atoms with van der Waals surface area (Å²) in [6, 6.07) is -0.449. The molecule has 0 aromatic heterocycles. The van der Waals surface area contributed by atoms with E-state index in [0.717, 1.165) is 43.7 Å². The first-order valence-corrected chi connectivity index (χ1v) is 9.11. The predicted molar refractivity (Wildman–Crippen MR) is 98.1 cm³/mol. The zero-order valence-electron chi connectivity index (χ0n) is 15.3. The van der Waals surface area contributed by atoms with E-state index < -0.39 is 11.6 Å². The van der Waals surface area contributed by atoms with E-state index in [2.05, 4.69) is 16.0 Å². The molecule has 2 heterocycles. The molecule has 3 N–H and O–H groups in total. The van der Waals surface area contributed by atoms with Crippen molar-refractivity contribution in [1.82, 2.24) is 20.9 Å². The standard InChI is InChI=1S/C17H28N4O4.ClH/c1-25-12-16(6-8-18-9-7-16)11-19-13(22)10-21-14(23)17(20-15(21)24)4-2-3-5-17;/h18H,2-12H2,1H3,(H,19,22)(H,20,24);1H. The Morgan fingerprint density at radius 3 is 2.46 bits per heavy atom. The monoisotopic (exact) mass is 388 g/mol. The van der Waals surface area contributed by atoms with Gasteiger partial charge in [0, 0.05) is 19.1 Å². The van der Waals surface area contributed by atoms with E-state index in [4.69, 9.17) is 4.74 Å². The van der Waals surface area contributed by atoms with Gasteiger partial charge < -0.3 is 20.7 Å². The highest BCUT2D eigenvalue weighted by Crippen LogP contribution is 2.35. The molecule has 0 unspecified atom stereocenters. The molecule has 3 aliphatic rings. The molecule has 1 spiro atoms. The Kier molecular flexibility index (Phi) is 6.87. The maximum atomic E-state index is 12.6. The number of carbonyl (C=O) groups is 3. The van der Waals surface area contributed by atoms with E-state index in [1.165, 1.54) is 0 Å². The number of nitrogens with one attached hydrogen (secondary N) is 3. The van der Waals surface area contributed by atoms with Crippen LogP contribution in [0.25, 0.3) is 0 Å². The lowest BCUT2D eigenvalue weighted by Gasteiger charge is -2.37. The van der Waals surface area contributed by atoms with Crippen LogP contribution in [0.1, 0.15) is 38.5 Å². The van der Waals surface area contributed by atoms with Crippen LogP contribution in [-0.2, 0) is 14.3 Å². The Morgan fingerprint density at radius 2 is 1.85 bits per heavy atom. The number of imide groups is 1. The minimum absolute atomic E-state index is 0. The first kappa shape index (κ1) is 20.9. The number of amides is 4. The third-order valence-electron chi connectivity index (χ3n) is 5.78. The summed E-state index contributed by atoms with van der Waals surface area (Å²) in [4.78, 5) is 38.1. The van der Waals surface area contributed by atoms with E-state index in [-0.39, 0.29) is 36.2 Å². The maximum Gasteiger partial charge on any atom is 0.325 e. The molecule has 148 valence electrons. The molecule has 0 radical (unpaired) electrons. The number of hydrogen-bond donors (Lipinski definition) is 3. The maximum absolute atomic E-state index is 12.6. The largest absolute Gasteiger partial charge is 0.384 e. The summed E-state index contributed by atoms with van der Waals surface area (Å²) in [5.74, 6) is -0.550. The van der Waals surface area contributed by atoms with Crippen LogP contribution in [0.4, 0.5) is 4.79 Å². The summed E-state index contributed by atoms with van der Waals surface area (Å²) >= 11 is 0. The molecule has 9 heteroatoms. The van der Waals surface area contributed by atoms with Gasteiger partial charge in [-0.05, 0) is 38.8 Å². The van der Waals surface area contributed by atoms with Crippen LogP contribution in [0.5, 0.6) is 0 Å². The molecule has 1 aliphatic carbocycles. The third kappa shape index (κ3) is 4.13. The SMILES string of the molecule is COCC1(CNC(=O)CN2C(=O)NC3(CCCC3)C2=O)CCNCC1.Cl. The van der Waals surface area contributed by atoms with Gasteiger partial charge in [-0.2, -0.15) is 0 Å². The van der Waals surface area contributed by atoms with Crippen molar-refractivity contribution < 1.29 is 19.1 Å². The number of methoxy groups -OCH3 is 1. The van der Waals surface area contributed by atoms with Gasteiger partial charge in [-0.1, -0.05) is 12.8 Å². The van der Waals surface area contributed by atoms with Crippen LogP contribution in [0.15, 0.2) is 0 Å². The lowest BCUT2D eigenvalue weighted by molar-refractivity contribution is -0.135. The molecule has 0 bridgehead atoms. The lowest BCUT2D eigenvalue weighted by Crippen LogP contribution is -2.49. The lowest BCUT2D eigenvalue weighted by atomic mass is 9.79. The zero-order chi connectivity index (χ0) is 17.9. The molecular weight excluding hydrogens is 360 g/mol. The zero-order valence-corrected chi connectivity index (χ0v) is 16.1. The topological polar surface area (TPSA) is 99.8 Å². The quantitative estimate of drug-likeness (QED) is 0.572. The van der Waals surface area contributed by atoms with Gasteiger partial charge in [-0.15, -0.1) is 12.4 Å². The summed E-state index contributed by atoms with van der Waals surface area (Å²) in [6.07, 6.45) is 5.04. The molecule has 2 saturated heterocycles. The van der Waals surface area contributed by atoms with Crippen LogP contribution in [0, 0.1) is 5.41 Å². The number of nitrogens with zero attached hydrogens (tertiary/aromatic N) is 1. The second-order valence-electron chi connectivity index (χ2n) is 7.57. The summed E-state index contributed by atoms with van der Waals surface area (Å²) in [6.45, 7) is 2.66. The Labute approximate surface area is 160 Å². The molecular formula is C17H29ClN4O4. The minimum Gasteiger partial charge on any atom is -0.384 e. The smallest absolute Gasteiger partial charge is 0.325 e. The average Bonchev–Trinajstić information content (AvgIpc) is 3.15. The van der Waals surface area contributed by atoms with Crippen molar-refractivity contribution in [3.63, 3.8) is 0 Å². The fraction of sp³-hybridized carbons (Fsp3) is 0.824. The van der Waals surface area contributed by atoms with Crippen LogP contribution in [0.3, 0.4) is 0 Å². The van der Waals surface area contributed by atoms with Gasteiger partial charge in [0.15, 0.2) is 0 Å². The Hall–Kier alpha value is -1.38. The summed E-state index contributed by atoms with van der Waals surface area (Å²) in [5.41, 5.74) is -0.844. The van der Waals surface area contributed by atoms with Gasteiger partial charge in [-0.25, -0.2) is 4.79 Å². The summed E-state index contributed by atoms with van der Waals surface area (Å²) in [7, 11) is 1.67. The number of hydrogen-bond acceptors (Lipinski definition) is 5. The number of urea groups is 1. The van der Waals surface area contributed by atoms with Gasteiger partial charge in [-0.3, -0.25) is 14.5 Å². The molecule has 4 amide bonds. The summed E-state index contributed by atoms with van der Waals surface area (Å²) in [5, 5.41) is 9.01. The predicted octanol–water partition coefficient (Wildman–Crippen LogP) is 0.405. The van der Waals surface area contributed by atoms with Crippen LogP contribution in [0.2, 0.25) is 0 Å². The van der Waals surface area contributed by atoms with Crippen molar-refractivity contribution in [2.75, 3.05) is 39.9 Å². The van der Waals surface area contributed by atoms with Crippen molar-refractivity contribution >= 4 is 30.3 Å². The minimum atomic E-state index is -0.760. The second kappa shape index (κ2) is 8.54. The van der Waals surface area contributed by atoms with Crippen molar-refractivity contribution in [3.05, 3.63) is 0 Å². The van der Waals surface area contributed by atoms with Gasteiger partial charge in [0.1, 0.15) is 12.1 Å². The van der Waals surface area contributed by atoms with E-state index in [1.807, 2.05) is 0 Å². The highest BCUT2D eigenvalue weighted by molar-refractivity contribution is 6.09. The fourth-order valence-electron chi connectivity index (χ4n) is 4.26. The first-order chi connectivity index (χ1) is 12.0. The van der Waals surface area contributed by atoms with E-state index >= 15 is 0 Å². The molecule has 0 aromatic carbocycles. The van der Waals surface area contributed by atoms with E-state index in [1.54, 1.807) is 7.11 Å². The molecule has 2 aliphatic heterocycles. The van der Waals surface area contributed by atoms with E-state index in [9.17, 15) is 14.4 Å². The van der Waals surface area contributed by atoms with Gasteiger partial charge in [0.2, 0.25) is 5.91 Å². The Bertz CT molecular complexity index is 539. The fourth-order valence-corrected chi connectivity index (χ4v) is 4.26. The average molecular weight is 389 g/mol. The van der Waals surface area contributed by atoms with Crippen molar-refractivity contribution in [1.29, 1.82) is 0 Å². The van der Waals surface area contributed by atoms with Gasteiger partial charge in [0.05, 0.1) is 6.61 Å². The van der Waals surface area contributed by atoms with Crippen molar-refractivity contribution in [3.8, 4) is 0 Å². The number of halogens is 1. The number of ether oxygens (including phenoxy) is 1. The Morgan fingerprint density at radius 1 is 1.19 bits per heavy atom. The molecule has 0 aromatic rings. The Balaban J connectivity index is 0.00000243. The van der Waals surface area contributed by atoms with Gasteiger partial charge >= 0.3 is 6.03 Å². The number of carbonyl (C=O) groups excluding carboxylic acids is 3. The van der Waals surface area contributed by atoms with Crippen molar-refractivity contribution in [2.45, 2.75) is 44.1 Å². The molecule has 3 fully saturated rings. The molecule has 3 rings (SSSR count). The van der Waals surface area contributed by atoms with E-state index in [0.29, 0.717) is 26.0 Å². The number of rotatable bonds is 6. The van der Waals surface area contributed by atoms with Crippen LogP contribution in [-0.4, -0.2) is 68.2 Å².